The Morgan fingerprint density at radius 3 is 2.50 bits per heavy atom. The summed E-state index contributed by atoms with van der Waals surface area (Å²) in [6.07, 6.45) is 0.780. The van der Waals surface area contributed by atoms with Gasteiger partial charge in [-0.05, 0) is 21.0 Å². The summed E-state index contributed by atoms with van der Waals surface area (Å²) in [5.74, 6) is -0.449. The van der Waals surface area contributed by atoms with Gasteiger partial charge in [-0.25, -0.2) is 4.79 Å². The number of esters is 1. The van der Waals surface area contributed by atoms with Crippen molar-refractivity contribution in [3.63, 3.8) is 0 Å². The highest BCUT2D eigenvalue weighted by Crippen LogP contribution is 2.09. The number of carbonyl (C=O) groups is 1. The lowest BCUT2D eigenvalue weighted by atomic mass is 10.4. The highest BCUT2D eigenvalue weighted by molar-refractivity contribution is 6.20. The van der Waals surface area contributed by atoms with Gasteiger partial charge in [-0.3, -0.25) is 4.90 Å². The van der Waals surface area contributed by atoms with E-state index in [1.807, 2.05) is 14.1 Å². The van der Waals surface area contributed by atoms with Gasteiger partial charge in [0, 0.05) is 6.08 Å². The van der Waals surface area contributed by atoms with Gasteiger partial charge in [0.15, 0.2) is 0 Å². The van der Waals surface area contributed by atoms with Crippen molar-refractivity contribution < 1.29 is 9.53 Å². The Hall–Kier alpha value is -0.540. The first-order chi connectivity index (χ1) is 5.49. The second kappa shape index (κ2) is 5.17. The van der Waals surface area contributed by atoms with E-state index in [1.165, 1.54) is 0 Å². The first-order valence-corrected chi connectivity index (χ1v) is 4.06. The molecule has 0 fully saturated rings. The quantitative estimate of drug-likeness (QED) is 0.290. The van der Waals surface area contributed by atoms with Gasteiger partial charge in [0.25, 0.3) is 0 Å². The monoisotopic (exact) mass is 191 g/mol. The molecular weight excluding hydrogens is 178 g/mol. The Morgan fingerprint density at radius 1 is 1.67 bits per heavy atom. The maximum Gasteiger partial charge on any atom is 0.330 e. The maximum atomic E-state index is 10.7. The van der Waals surface area contributed by atoms with Gasteiger partial charge in [-0.15, -0.1) is 11.6 Å². The van der Waals surface area contributed by atoms with Crippen LogP contribution >= 0.6 is 11.6 Å². The lowest BCUT2D eigenvalue weighted by Crippen LogP contribution is -2.35. The van der Waals surface area contributed by atoms with Crippen LogP contribution in [0.15, 0.2) is 12.7 Å². The van der Waals surface area contributed by atoms with Crippen molar-refractivity contribution in [2.75, 3.05) is 14.1 Å². The summed E-state index contributed by atoms with van der Waals surface area (Å²) < 4.78 is 4.89. The molecular formula is C8H14ClNO2. The zero-order valence-electron chi connectivity index (χ0n) is 7.58. The number of alkyl halides is 1. The molecule has 4 heteroatoms. The third-order valence-electron chi connectivity index (χ3n) is 1.35. The number of carbonyl (C=O) groups excluding carboxylic acids is 1. The SMILES string of the molecule is C=CC(=O)OC(C)C(Cl)N(C)C. The van der Waals surface area contributed by atoms with Crippen molar-refractivity contribution in [2.24, 2.45) is 0 Å². The second-order valence-corrected chi connectivity index (χ2v) is 3.13. The van der Waals surface area contributed by atoms with E-state index in [9.17, 15) is 4.79 Å². The van der Waals surface area contributed by atoms with Gasteiger partial charge in [0.05, 0.1) is 0 Å². The summed E-state index contributed by atoms with van der Waals surface area (Å²) in [6.45, 7) is 5.02. The molecule has 0 aromatic rings. The Morgan fingerprint density at radius 2 is 2.17 bits per heavy atom. The molecule has 0 N–H and O–H groups in total. The highest BCUT2D eigenvalue weighted by Gasteiger charge is 2.18. The smallest absolute Gasteiger partial charge is 0.330 e. The van der Waals surface area contributed by atoms with Crippen molar-refractivity contribution in [3.8, 4) is 0 Å². The number of rotatable bonds is 4. The van der Waals surface area contributed by atoms with Crippen LogP contribution in [0.5, 0.6) is 0 Å². The average molecular weight is 192 g/mol. The molecule has 2 atom stereocenters. The third-order valence-corrected chi connectivity index (χ3v) is 2.09. The minimum absolute atomic E-state index is 0.311. The largest absolute Gasteiger partial charge is 0.457 e. The van der Waals surface area contributed by atoms with Crippen LogP contribution in [0.3, 0.4) is 0 Å². The molecule has 70 valence electrons. The Balaban J connectivity index is 3.94. The van der Waals surface area contributed by atoms with E-state index in [0.29, 0.717) is 0 Å². The second-order valence-electron chi connectivity index (χ2n) is 2.68. The first kappa shape index (κ1) is 11.5. The van der Waals surface area contributed by atoms with Gasteiger partial charge in [-0.1, -0.05) is 6.58 Å². The van der Waals surface area contributed by atoms with Crippen molar-refractivity contribution in [2.45, 2.75) is 18.5 Å². The Kier molecular flexibility index (Phi) is 4.93. The fourth-order valence-corrected chi connectivity index (χ4v) is 0.759. The van der Waals surface area contributed by atoms with Crippen molar-refractivity contribution in [3.05, 3.63) is 12.7 Å². The highest BCUT2D eigenvalue weighted by atomic mass is 35.5. The van der Waals surface area contributed by atoms with Crippen molar-refractivity contribution >= 4 is 17.6 Å². The van der Waals surface area contributed by atoms with Crippen LogP contribution in [0.1, 0.15) is 6.92 Å². The normalized spacial score (nSPS) is 15.4. The average Bonchev–Trinajstić information content (AvgIpc) is 2.02. The summed E-state index contributed by atoms with van der Waals surface area (Å²) in [4.78, 5) is 12.5. The van der Waals surface area contributed by atoms with Crippen LogP contribution in [0.2, 0.25) is 0 Å². The summed E-state index contributed by atoms with van der Waals surface area (Å²) in [7, 11) is 3.63. The van der Waals surface area contributed by atoms with Crippen LogP contribution in [0.25, 0.3) is 0 Å². The van der Waals surface area contributed by atoms with E-state index in [0.717, 1.165) is 6.08 Å². The molecule has 0 aliphatic rings. The Labute approximate surface area is 77.9 Å². The molecule has 0 aliphatic heterocycles. The molecule has 0 bridgehead atoms. The minimum atomic E-state index is -0.449. The van der Waals surface area contributed by atoms with Gasteiger partial charge in [0.2, 0.25) is 0 Å². The summed E-state index contributed by atoms with van der Waals surface area (Å²) in [6, 6.07) is 0. The van der Waals surface area contributed by atoms with E-state index in [1.54, 1.807) is 11.8 Å². The predicted octanol–water partition coefficient (Wildman–Crippen LogP) is 1.23. The molecule has 0 spiro atoms. The van der Waals surface area contributed by atoms with Gasteiger partial charge in [0.1, 0.15) is 11.6 Å². The van der Waals surface area contributed by atoms with Crippen LogP contribution in [0, 0.1) is 0 Å². The molecule has 2 unspecified atom stereocenters. The minimum Gasteiger partial charge on any atom is -0.457 e. The lowest BCUT2D eigenvalue weighted by molar-refractivity contribution is -0.143. The molecule has 0 heterocycles. The topological polar surface area (TPSA) is 29.5 Å². The molecule has 0 radical (unpaired) electrons. The number of ether oxygens (including phenoxy) is 1. The predicted molar refractivity (Wildman–Crippen MR) is 49.1 cm³/mol. The third kappa shape index (κ3) is 3.74. The van der Waals surface area contributed by atoms with Crippen LogP contribution in [-0.4, -0.2) is 36.6 Å². The molecule has 0 saturated carbocycles. The Bertz CT molecular complexity index is 170. The van der Waals surface area contributed by atoms with Crippen LogP contribution in [0.4, 0.5) is 0 Å². The molecule has 0 saturated heterocycles. The fourth-order valence-electron chi connectivity index (χ4n) is 0.707. The molecule has 12 heavy (non-hydrogen) atoms. The zero-order chi connectivity index (χ0) is 9.72. The molecule has 0 rings (SSSR count). The number of halogens is 1. The van der Waals surface area contributed by atoms with E-state index in [4.69, 9.17) is 16.3 Å². The number of nitrogens with zero attached hydrogens (tertiary/aromatic N) is 1. The van der Waals surface area contributed by atoms with E-state index < -0.39 is 5.97 Å². The number of likely N-dealkylation sites (N-methyl/N-ethyl adjacent to an activating group) is 1. The first-order valence-electron chi connectivity index (χ1n) is 3.62. The molecule has 0 aromatic carbocycles. The number of hydrogen-bond acceptors (Lipinski definition) is 3. The fraction of sp³-hybridized carbons (Fsp3) is 0.625. The number of hydrogen-bond donors (Lipinski definition) is 0. The van der Waals surface area contributed by atoms with E-state index in [2.05, 4.69) is 6.58 Å². The van der Waals surface area contributed by atoms with Crippen LogP contribution in [-0.2, 0) is 9.53 Å². The summed E-state index contributed by atoms with van der Waals surface area (Å²) >= 11 is 5.88. The van der Waals surface area contributed by atoms with Gasteiger partial charge < -0.3 is 4.74 Å². The van der Waals surface area contributed by atoms with Crippen LogP contribution < -0.4 is 0 Å². The molecule has 0 amide bonds. The molecule has 0 aliphatic carbocycles. The standard InChI is InChI=1S/C8H14ClNO2/c1-5-7(11)12-6(2)8(9)10(3)4/h5-6,8H,1H2,2-4H3. The van der Waals surface area contributed by atoms with E-state index >= 15 is 0 Å². The summed E-state index contributed by atoms with van der Waals surface area (Å²) in [5.41, 5.74) is -0.311. The van der Waals surface area contributed by atoms with Gasteiger partial charge >= 0.3 is 5.97 Å². The van der Waals surface area contributed by atoms with Gasteiger partial charge in [-0.2, -0.15) is 0 Å². The zero-order valence-corrected chi connectivity index (χ0v) is 8.34. The molecule has 3 nitrogen and oxygen atoms in total. The lowest BCUT2D eigenvalue weighted by Gasteiger charge is -2.23. The van der Waals surface area contributed by atoms with E-state index in [-0.39, 0.29) is 11.6 Å². The maximum absolute atomic E-state index is 10.7. The molecule has 0 aromatic heterocycles. The van der Waals surface area contributed by atoms with Crippen molar-refractivity contribution in [1.82, 2.24) is 4.90 Å². The van der Waals surface area contributed by atoms with Crippen molar-refractivity contribution in [1.29, 1.82) is 0 Å². The summed E-state index contributed by atoms with van der Waals surface area (Å²) in [5, 5.41) is 0.